The predicted molar refractivity (Wildman–Crippen MR) is 99.9 cm³/mol. The van der Waals surface area contributed by atoms with Crippen LogP contribution in [0.5, 0.6) is 0 Å². The fourth-order valence-corrected chi connectivity index (χ4v) is 6.24. The number of carbonyl (C=O) groups excluding carboxylic acids is 1. The van der Waals surface area contributed by atoms with Crippen LogP contribution in [0.1, 0.15) is 44.1 Å². The fraction of sp³-hybridized carbons (Fsp3) is 0.550. The molecule has 1 amide bonds. The third kappa shape index (κ3) is 2.48. The maximum atomic E-state index is 13.3. The van der Waals surface area contributed by atoms with Gasteiger partial charge in [-0.25, -0.2) is 9.67 Å². The van der Waals surface area contributed by atoms with Gasteiger partial charge in [0.1, 0.15) is 6.33 Å². The van der Waals surface area contributed by atoms with E-state index in [1.165, 1.54) is 12.0 Å². The SMILES string of the molecule is Cc1ccc(NC(=O)C23C[C@H]4C[C@H](C2)CC(n2cnc(Cl)n2)(C4)C3)cc1. The summed E-state index contributed by atoms with van der Waals surface area (Å²) < 4.78 is 1.96. The first-order valence-corrected chi connectivity index (χ1v) is 9.80. The Morgan fingerprint density at radius 3 is 2.50 bits per heavy atom. The molecule has 2 atom stereocenters. The topological polar surface area (TPSA) is 59.8 Å². The zero-order chi connectivity index (χ0) is 17.9. The molecule has 1 aromatic heterocycles. The largest absolute Gasteiger partial charge is 0.326 e. The number of nitrogens with zero attached hydrogens (tertiary/aromatic N) is 3. The smallest absolute Gasteiger partial charge is 0.242 e. The van der Waals surface area contributed by atoms with Crippen LogP contribution < -0.4 is 5.32 Å². The molecule has 0 radical (unpaired) electrons. The molecule has 6 heteroatoms. The summed E-state index contributed by atoms with van der Waals surface area (Å²) in [4.78, 5) is 17.5. The number of hydrogen-bond donors (Lipinski definition) is 1. The number of rotatable bonds is 3. The van der Waals surface area contributed by atoms with E-state index >= 15 is 0 Å². The van der Waals surface area contributed by atoms with Crippen LogP contribution in [-0.2, 0) is 10.3 Å². The Morgan fingerprint density at radius 1 is 1.19 bits per heavy atom. The summed E-state index contributed by atoms with van der Waals surface area (Å²) in [5, 5.41) is 7.90. The summed E-state index contributed by atoms with van der Waals surface area (Å²) in [6, 6.07) is 8.05. The second kappa shape index (κ2) is 5.56. The zero-order valence-electron chi connectivity index (χ0n) is 14.9. The molecule has 4 aliphatic rings. The molecule has 26 heavy (non-hydrogen) atoms. The number of halogens is 1. The van der Waals surface area contributed by atoms with Crippen molar-refractivity contribution in [3.05, 3.63) is 41.4 Å². The second-order valence-electron chi connectivity index (χ2n) is 8.74. The van der Waals surface area contributed by atoms with Crippen molar-refractivity contribution in [2.24, 2.45) is 17.3 Å². The van der Waals surface area contributed by atoms with Crippen molar-refractivity contribution in [1.29, 1.82) is 0 Å². The van der Waals surface area contributed by atoms with E-state index in [2.05, 4.69) is 22.3 Å². The summed E-state index contributed by atoms with van der Waals surface area (Å²) in [5.41, 5.74) is 1.68. The molecule has 4 saturated carbocycles. The molecule has 0 saturated heterocycles. The maximum Gasteiger partial charge on any atom is 0.242 e. The van der Waals surface area contributed by atoms with Crippen molar-refractivity contribution in [1.82, 2.24) is 14.8 Å². The molecule has 0 aliphatic heterocycles. The lowest BCUT2D eigenvalue weighted by molar-refractivity contribution is -0.150. The molecule has 5 nitrogen and oxygen atoms in total. The van der Waals surface area contributed by atoms with Gasteiger partial charge in [0.05, 0.1) is 11.0 Å². The third-order valence-electron chi connectivity index (χ3n) is 6.77. The van der Waals surface area contributed by atoms with Crippen LogP contribution in [0.15, 0.2) is 30.6 Å². The first-order valence-electron chi connectivity index (χ1n) is 9.42. The minimum absolute atomic E-state index is 0.102. The number of aryl methyl sites for hydroxylation is 1. The number of amides is 1. The molecule has 1 heterocycles. The van der Waals surface area contributed by atoms with Gasteiger partial charge < -0.3 is 5.32 Å². The number of carbonyl (C=O) groups is 1. The van der Waals surface area contributed by atoms with E-state index in [1.807, 2.05) is 28.9 Å². The number of hydrogen-bond acceptors (Lipinski definition) is 3. The van der Waals surface area contributed by atoms with Crippen molar-refractivity contribution in [3.63, 3.8) is 0 Å². The molecule has 4 aliphatic carbocycles. The summed E-state index contributed by atoms with van der Waals surface area (Å²) >= 11 is 6.00. The lowest BCUT2D eigenvalue weighted by Crippen LogP contribution is -2.60. The Bertz CT molecular complexity index is 845. The molecule has 0 unspecified atom stereocenters. The molecule has 1 aromatic carbocycles. The molecular weight excluding hydrogens is 348 g/mol. The second-order valence-corrected chi connectivity index (χ2v) is 9.08. The quantitative estimate of drug-likeness (QED) is 0.881. The lowest BCUT2D eigenvalue weighted by Gasteiger charge is -2.60. The monoisotopic (exact) mass is 370 g/mol. The van der Waals surface area contributed by atoms with E-state index in [4.69, 9.17) is 11.6 Å². The van der Waals surface area contributed by atoms with Gasteiger partial charge in [0.2, 0.25) is 11.2 Å². The van der Waals surface area contributed by atoms with E-state index in [0.717, 1.165) is 37.8 Å². The van der Waals surface area contributed by atoms with E-state index in [1.54, 1.807) is 6.33 Å². The van der Waals surface area contributed by atoms with Gasteiger partial charge in [-0.2, -0.15) is 0 Å². The highest BCUT2D eigenvalue weighted by Crippen LogP contribution is 2.64. The van der Waals surface area contributed by atoms with Crippen LogP contribution in [-0.4, -0.2) is 20.7 Å². The number of aromatic nitrogens is 3. The van der Waals surface area contributed by atoms with Crippen LogP contribution in [0.2, 0.25) is 5.28 Å². The zero-order valence-corrected chi connectivity index (χ0v) is 15.7. The normalized spacial score (nSPS) is 34.8. The number of anilines is 1. The molecule has 136 valence electrons. The van der Waals surface area contributed by atoms with Crippen molar-refractivity contribution < 1.29 is 4.79 Å². The molecule has 0 spiro atoms. The van der Waals surface area contributed by atoms with Gasteiger partial charge in [-0.05, 0) is 81.0 Å². The highest BCUT2D eigenvalue weighted by Gasteiger charge is 2.61. The van der Waals surface area contributed by atoms with Gasteiger partial charge in [0.15, 0.2) is 0 Å². The Hall–Kier alpha value is -1.88. The molecule has 1 N–H and O–H groups in total. The lowest BCUT2D eigenvalue weighted by atomic mass is 9.46. The molecule has 4 bridgehead atoms. The van der Waals surface area contributed by atoms with Crippen LogP contribution in [0, 0.1) is 24.2 Å². The standard InChI is InChI=1S/C20H23ClN4O/c1-13-2-4-16(5-3-13)23-17(26)19-7-14-6-15(8-19)10-20(9-14,11-19)25-12-22-18(21)24-25/h2-5,12,14-15H,6-11H2,1H3,(H,23,26)/t14-,15-,19?,20?/m1/s1. The average Bonchev–Trinajstić information content (AvgIpc) is 3.03. The van der Waals surface area contributed by atoms with Gasteiger partial charge in [-0.3, -0.25) is 4.79 Å². The average molecular weight is 371 g/mol. The predicted octanol–water partition coefficient (Wildman–Crippen LogP) is 4.17. The van der Waals surface area contributed by atoms with Crippen LogP contribution in [0.4, 0.5) is 5.69 Å². The van der Waals surface area contributed by atoms with Crippen molar-refractivity contribution in [2.45, 2.75) is 51.0 Å². The fourth-order valence-electron chi connectivity index (χ4n) is 6.12. The minimum Gasteiger partial charge on any atom is -0.326 e. The molecule has 4 fully saturated rings. The van der Waals surface area contributed by atoms with Crippen LogP contribution in [0.25, 0.3) is 0 Å². The summed E-state index contributed by atoms with van der Waals surface area (Å²) in [6.45, 7) is 2.05. The van der Waals surface area contributed by atoms with Gasteiger partial charge in [0, 0.05) is 5.69 Å². The molecular formula is C20H23ClN4O. The summed E-state index contributed by atoms with van der Waals surface area (Å²) in [7, 11) is 0. The highest BCUT2D eigenvalue weighted by atomic mass is 35.5. The van der Waals surface area contributed by atoms with Gasteiger partial charge in [0.25, 0.3) is 0 Å². The molecule has 6 rings (SSSR count). The van der Waals surface area contributed by atoms with Gasteiger partial charge >= 0.3 is 0 Å². The van der Waals surface area contributed by atoms with Crippen LogP contribution in [0.3, 0.4) is 0 Å². The Balaban J connectivity index is 1.46. The minimum atomic E-state index is -0.298. The van der Waals surface area contributed by atoms with E-state index in [0.29, 0.717) is 17.1 Å². The van der Waals surface area contributed by atoms with Gasteiger partial charge in [-0.15, -0.1) is 5.10 Å². The number of benzene rings is 1. The Kier molecular flexibility index (Phi) is 3.48. The summed E-state index contributed by atoms with van der Waals surface area (Å²) in [5.74, 6) is 1.34. The van der Waals surface area contributed by atoms with Crippen molar-refractivity contribution in [3.8, 4) is 0 Å². The van der Waals surface area contributed by atoms with Crippen molar-refractivity contribution in [2.75, 3.05) is 5.32 Å². The third-order valence-corrected chi connectivity index (χ3v) is 6.94. The van der Waals surface area contributed by atoms with E-state index in [-0.39, 0.29) is 16.9 Å². The van der Waals surface area contributed by atoms with E-state index in [9.17, 15) is 4.79 Å². The maximum absolute atomic E-state index is 13.3. The Labute approximate surface area is 158 Å². The first-order chi connectivity index (χ1) is 12.5. The number of nitrogens with one attached hydrogen (secondary N) is 1. The first kappa shape index (κ1) is 16.3. The Morgan fingerprint density at radius 2 is 1.88 bits per heavy atom. The highest BCUT2D eigenvalue weighted by molar-refractivity contribution is 6.28. The summed E-state index contributed by atoms with van der Waals surface area (Å²) in [6.07, 6.45) is 7.98. The van der Waals surface area contributed by atoms with Gasteiger partial charge in [-0.1, -0.05) is 17.7 Å². The van der Waals surface area contributed by atoms with Crippen LogP contribution >= 0.6 is 11.6 Å². The van der Waals surface area contributed by atoms with Crippen molar-refractivity contribution >= 4 is 23.2 Å². The molecule has 2 aromatic rings. The van der Waals surface area contributed by atoms with E-state index < -0.39 is 0 Å².